The normalized spacial score (nSPS) is 10.8. The summed E-state index contributed by atoms with van der Waals surface area (Å²) in [5, 5.41) is 1.40. The lowest BCUT2D eigenvalue weighted by atomic mass is 10.2. The van der Waals surface area contributed by atoms with Crippen LogP contribution in [0.1, 0.15) is 19.4 Å². The van der Waals surface area contributed by atoms with Crippen LogP contribution in [0.2, 0.25) is 5.02 Å². The molecule has 0 unspecified atom stereocenters. The minimum Gasteiger partial charge on any atom is -0.399 e. The Bertz CT molecular complexity index is 286. The molecule has 0 heterocycles. The van der Waals surface area contributed by atoms with E-state index in [0.29, 0.717) is 5.25 Å². The van der Waals surface area contributed by atoms with Gasteiger partial charge < -0.3 is 5.73 Å². The van der Waals surface area contributed by atoms with Crippen molar-refractivity contribution in [1.82, 2.24) is 0 Å². The van der Waals surface area contributed by atoms with Gasteiger partial charge in [-0.2, -0.15) is 11.8 Å². The van der Waals surface area contributed by atoms with Crippen molar-refractivity contribution in [2.75, 3.05) is 5.73 Å². The van der Waals surface area contributed by atoms with E-state index in [9.17, 15) is 0 Å². The highest BCUT2D eigenvalue weighted by molar-refractivity contribution is 7.99. The van der Waals surface area contributed by atoms with Gasteiger partial charge in [-0.05, 0) is 22.9 Å². The molecule has 0 aliphatic rings. The number of thioether (sulfide) groups is 1. The molecule has 0 aliphatic heterocycles. The fourth-order valence-electron chi connectivity index (χ4n) is 0.937. The van der Waals surface area contributed by atoms with E-state index < -0.39 is 0 Å². The van der Waals surface area contributed by atoms with Gasteiger partial charge in [-0.15, -0.1) is 0 Å². The van der Waals surface area contributed by atoms with Crippen molar-refractivity contribution in [2.24, 2.45) is 0 Å². The van der Waals surface area contributed by atoms with Gasteiger partial charge in [0.2, 0.25) is 0 Å². The Hall–Kier alpha value is -0.340. The van der Waals surface area contributed by atoms with Crippen LogP contribution in [0.25, 0.3) is 0 Å². The number of anilines is 1. The lowest BCUT2D eigenvalue weighted by Gasteiger charge is -2.07. The highest BCUT2D eigenvalue weighted by Gasteiger charge is 2.02. The zero-order valence-corrected chi connectivity index (χ0v) is 9.45. The Morgan fingerprint density at radius 1 is 1.46 bits per heavy atom. The van der Waals surface area contributed by atoms with Crippen LogP contribution in [0, 0.1) is 0 Å². The molecule has 0 amide bonds. The molecule has 0 fully saturated rings. The average Bonchev–Trinajstić information content (AvgIpc) is 2.02. The topological polar surface area (TPSA) is 26.0 Å². The molecule has 0 saturated heterocycles. The third-order valence-corrected chi connectivity index (χ3v) is 3.15. The molecule has 1 rings (SSSR count). The molecule has 1 nitrogen and oxygen atoms in total. The first kappa shape index (κ1) is 10.7. The zero-order valence-electron chi connectivity index (χ0n) is 7.88. The fraction of sp³-hybridized carbons (Fsp3) is 0.400. The molecular weight excluding hydrogens is 202 g/mol. The van der Waals surface area contributed by atoms with Crippen molar-refractivity contribution in [3.05, 3.63) is 28.8 Å². The van der Waals surface area contributed by atoms with Gasteiger partial charge in [-0.1, -0.05) is 31.5 Å². The van der Waals surface area contributed by atoms with Crippen LogP contribution in [0.5, 0.6) is 0 Å². The minimum atomic E-state index is 0.633. The van der Waals surface area contributed by atoms with Crippen LogP contribution in [-0.2, 0) is 5.75 Å². The van der Waals surface area contributed by atoms with Gasteiger partial charge in [0.1, 0.15) is 0 Å². The summed E-state index contributed by atoms with van der Waals surface area (Å²) in [4.78, 5) is 0. The summed E-state index contributed by atoms with van der Waals surface area (Å²) in [6, 6.07) is 5.69. The molecule has 0 atom stereocenters. The van der Waals surface area contributed by atoms with E-state index in [4.69, 9.17) is 17.3 Å². The second-order valence-corrected chi connectivity index (χ2v) is 5.18. The summed E-state index contributed by atoms with van der Waals surface area (Å²) in [6.45, 7) is 4.35. The smallest absolute Gasteiger partial charge is 0.0466 e. The first-order valence-corrected chi connectivity index (χ1v) is 5.68. The maximum atomic E-state index is 6.02. The Kier molecular flexibility index (Phi) is 3.94. The van der Waals surface area contributed by atoms with E-state index in [1.807, 2.05) is 23.9 Å². The van der Waals surface area contributed by atoms with E-state index in [-0.39, 0.29) is 0 Å². The molecule has 0 bridgehead atoms. The molecule has 0 aromatic heterocycles. The predicted octanol–water partition coefficient (Wildman–Crippen LogP) is 3.56. The largest absolute Gasteiger partial charge is 0.399 e. The quantitative estimate of drug-likeness (QED) is 0.781. The molecule has 1 aromatic rings. The van der Waals surface area contributed by atoms with Gasteiger partial charge in [-0.3, -0.25) is 0 Å². The molecule has 3 heteroatoms. The van der Waals surface area contributed by atoms with Crippen LogP contribution < -0.4 is 5.73 Å². The molecule has 0 spiro atoms. The van der Waals surface area contributed by atoms with Crippen molar-refractivity contribution in [3.63, 3.8) is 0 Å². The lowest BCUT2D eigenvalue weighted by molar-refractivity contribution is 1.11. The number of hydrogen-bond donors (Lipinski definition) is 1. The van der Waals surface area contributed by atoms with Crippen LogP contribution >= 0.6 is 23.4 Å². The van der Waals surface area contributed by atoms with Crippen molar-refractivity contribution >= 4 is 29.1 Å². The zero-order chi connectivity index (χ0) is 9.84. The molecule has 13 heavy (non-hydrogen) atoms. The number of nitrogen functional groups attached to an aromatic ring is 1. The molecule has 2 N–H and O–H groups in total. The number of halogens is 1. The average molecular weight is 216 g/mol. The standard InChI is InChI=1S/C10H14ClNS/c1-7(2)13-6-8-3-4-9(12)5-10(8)11/h3-5,7H,6,12H2,1-2H3. The monoisotopic (exact) mass is 215 g/mol. The minimum absolute atomic E-state index is 0.633. The summed E-state index contributed by atoms with van der Waals surface area (Å²) in [5.41, 5.74) is 7.48. The van der Waals surface area contributed by atoms with Crippen LogP contribution in [0.15, 0.2) is 18.2 Å². The third-order valence-electron chi connectivity index (χ3n) is 1.65. The Labute approximate surface area is 88.7 Å². The molecule has 72 valence electrons. The Morgan fingerprint density at radius 2 is 2.15 bits per heavy atom. The molecule has 1 aromatic carbocycles. The van der Waals surface area contributed by atoms with E-state index >= 15 is 0 Å². The van der Waals surface area contributed by atoms with E-state index in [1.165, 1.54) is 0 Å². The second kappa shape index (κ2) is 4.77. The van der Waals surface area contributed by atoms with Gasteiger partial charge in [0.25, 0.3) is 0 Å². The van der Waals surface area contributed by atoms with Crippen molar-refractivity contribution in [2.45, 2.75) is 24.9 Å². The van der Waals surface area contributed by atoms with Crippen LogP contribution in [-0.4, -0.2) is 5.25 Å². The summed E-state index contributed by atoms with van der Waals surface area (Å²) >= 11 is 7.90. The van der Waals surface area contributed by atoms with Crippen LogP contribution in [0.3, 0.4) is 0 Å². The summed E-state index contributed by atoms with van der Waals surface area (Å²) in [7, 11) is 0. The van der Waals surface area contributed by atoms with E-state index in [1.54, 1.807) is 6.07 Å². The first-order chi connectivity index (χ1) is 6.09. The van der Waals surface area contributed by atoms with E-state index in [2.05, 4.69) is 13.8 Å². The summed E-state index contributed by atoms with van der Waals surface area (Å²) in [6.07, 6.45) is 0. The number of benzene rings is 1. The maximum Gasteiger partial charge on any atom is 0.0466 e. The first-order valence-electron chi connectivity index (χ1n) is 4.25. The van der Waals surface area contributed by atoms with Crippen molar-refractivity contribution in [1.29, 1.82) is 0 Å². The number of nitrogens with two attached hydrogens (primary N) is 1. The summed E-state index contributed by atoms with van der Waals surface area (Å²) in [5.74, 6) is 0.955. The highest BCUT2D eigenvalue weighted by atomic mass is 35.5. The molecule has 0 radical (unpaired) electrons. The maximum absolute atomic E-state index is 6.02. The summed E-state index contributed by atoms with van der Waals surface area (Å²) < 4.78 is 0. The molecule has 0 aliphatic carbocycles. The van der Waals surface area contributed by atoms with Gasteiger partial charge in [0.15, 0.2) is 0 Å². The van der Waals surface area contributed by atoms with Crippen molar-refractivity contribution < 1.29 is 0 Å². The molecular formula is C10H14ClNS. The highest BCUT2D eigenvalue weighted by Crippen LogP contribution is 2.25. The van der Waals surface area contributed by atoms with Crippen molar-refractivity contribution in [3.8, 4) is 0 Å². The van der Waals surface area contributed by atoms with Gasteiger partial charge >= 0.3 is 0 Å². The second-order valence-electron chi connectivity index (χ2n) is 3.21. The van der Waals surface area contributed by atoms with Gasteiger partial charge in [0.05, 0.1) is 0 Å². The lowest BCUT2D eigenvalue weighted by Crippen LogP contribution is -1.91. The number of hydrogen-bond acceptors (Lipinski definition) is 2. The fourth-order valence-corrected chi connectivity index (χ4v) is 2.04. The van der Waals surface area contributed by atoms with Gasteiger partial charge in [-0.25, -0.2) is 0 Å². The Balaban J connectivity index is 2.67. The predicted molar refractivity (Wildman–Crippen MR) is 62.3 cm³/mol. The Morgan fingerprint density at radius 3 is 2.69 bits per heavy atom. The molecule has 0 saturated carbocycles. The SMILES string of the molecule is CC(C)SCc1ccc(N)cc1Cl. The van der Waals surface area contributed by atoms with E-state index in [0.717, 1.165) is 22.0 Å². The van der Waals surface area contributed by atoms with Gasteiger partial charge in [0, 0.05) is 16.5 Å². The van der Waals surface area contributed by atoms with Crippen LogP contribution in [0.4, 0.5) is 5.69 Å². The number of rotatable bonds is 3. The third kappa shape index (κ3) is 3.49.